The van der Waals surface area contributed by atoms with Crippen LogP contribution in [0.4, 0.5) is 20.2 Å². The first-order valence-electron chi connectivity index (χ1n) is 8.20. The van der Waals surface area contributed by atoms with Gasteiger partial charge in [-0.1, -0.05) is 0 Å². The van der Waals surface area contributed by atoms with Gasteiger partial charge in [0.05, 0.1) is 12.7 Å². The third-order valence-electron chi connectivity index (χ3n) is 4.53. The molecule has 1 saturated heterocycles. The average Bonchev–Trinajstić information content (AvgIpc) is 3.18. The Hall–Kier alpha value is -3.48. The van der Waals surface area contributed by atoms with Crippen molar-refractivity contribution >= 4 is 23.2 Å². The molecular weight excluding hydrogens is 354 g/mol. The van der Waals surface area contributed by atoms with Gasteiger partial charge in [-0.25, -0.2) is 8.78 Å². The molecule has 2 amide bonds. The summed E-state index contributed by atoms with van der Waals surface area (Å²) >= 11 is 0. The first-order valence-corrected chi connectivity index (χ1v) is 8.20. The standard InChI is InChI=1S/C20H14F2N2O3/c21-13-3-7-15(8-4-13)23-19(26)20(17-2-1-11-27-17)12-18(25)24(20)16-9-5-14(22)6-10-16/h1-11H,12H2,(H,23,26). The molecule has 2 aromatic carbocycles. The molecular formula is C20H14F2N2O3. The van der Waals surface area contributed by atoms with E-state index in [2.05, 4.69) is 5.32 Å². The van der Waals surface area contributed by atoms with Crippen LogP contribution in [-0.4, -0.2) is 11.8 Å². The van der Waals surface area contributed by atoms with Gasteiger partial charge in [0.2, 0.25) is 5.91 Å². The maximum Gasteiger partial charge on any atom is 0.259 e. The van der Waals surface area contributed by atoms with Crippen molar-refractivity contribution in [2.24, 2.45) is 0 Å². The first-order chi connectivity index (χ1) is 13.0. The molecule has 136 valence electrons. The van der Waals surface area contributed by atoms with Crippen molar-refractivity contribution in [2.75, 3.05) is 10.2 Å². The minimum atomic E-state index is -1.41. The van der Waals surface area contributed by atoms with Gasteiger partial charge in [-0.2, -0.15) is 0 Å². The highest BCUT2D eigenvalue weighted by Gasteiger charge is 2.60. The van der Waals surface area contributed by atoms with Crippen LogP contribution in [0.15, 0.2) is 71.3 Å². The van der Waals surface area contributed by atoms with Crippen LogP contribution in [0.25, 0.3) is 0 Å². The molecule has 2 heterocycles. The molecule has 27 heavy (non-hydrogen) atoms. The van der Waals surface area contributed by atoms with Crippen LogP contribution in [0.5, 0.6) is 0 Å². The number of hydrogen-bond acceptors (Lipinski definition) is 3. The Kier molecular flexibility index (Phi) is 3.99. The van der Waals surface area contributed by atoms with Crippen LogP contribution in [0.3, 0.4) is 0 Å². The van der Waals surface area contributed by atoms with Crippen LogP contribution < -0.4 is 10.2 Å². The zero-order chi connectivity index (χ0) is 19.0. The second kappa shape index (κ2) is 6.35. The van der Waals surface area contributed by atoms with Gasteiger partial charge in [-0.3, -0.25) is 14.5 Å². The van der Waals surface area contributed by atoms with E-state index in [1.807, 2.05) is 0 Å². The van der Waals surface area contributed by atoms with E-state index >= 15 is 0 Å². The molecule has 1 unspecified atom stereocenters. The van der Waals surface area contributed by atoms with E-state index in [0.29, 0.717) is 11.4 Å². The van der Waals surface area contributed by atoms with Crippen LogP contribution in [-0.2, 0) is 15.1 Å². The second-order valence-corrected chi connectivity index (χ2v) is 6.18. The fraction of sp³-hybridized carbons (Fsp3) is 0.100. The SMILES string of the molecule is O=C1CC(C(=O)Nc2ccc(F)cc2)(c2ccco2)N1c1ccc(F)cc1. The molecule has 3 aromatic rings. The highest BCUT2D eigenvalue weighted by atomic mass is 19.1. The Morgan fingerprint density at radius 2 is 1.63 bits per heavy atom. The van der Waals surface area contributed by atoms with E-state index in [-0.39, 0.29) is 18.1 Å². The molecule has 5 nitrogen and oxygen atoms in total. The number of nitrogens with one attached hydrogen (secondary N) is 1. The van der Waals surface area contributed by atoms with Crippen LogP contribution >= 0.6 is 0 Å². The fourth-order valence-electron chi connectivity index (χ4n) is 3.23. The minimum absolute atomic E-state index is 0.106. The number of β-lactam (4-membered cyclic amide) rings is 1. The van der Waals surface area contributed by atoms with Crippen molar-refractivity contribution in [3.8, 4) is 0 Å². The number of rotatable bonds is 4. The number of carbonyl (C=O) groups excluding carboxylic acids is 2. The van der Waals surface area contributed by atoms with E-state index in [1.165, 1.54) is 59.7 Å². The Bertz CT molecular complexity index is 985. The molecule has 0 saturated carbocycles. The Morgan fingerprint density at radius 1 is 1.00 bits per heavy atom. The Labute approximate surface area is 153 Å². The number of halogens is 2. The summed E-state index contributed by atoms with van der Waals surface area (Å²) in [4.78, 5) is 26.8. The predicted octanol–water partition coefficient (Wildman–Crippen LogP) is 3.83. The topological polar surface area (TPSA) is 62.6 Å². The number of carbonyl (C=O) groups is 2. The molecule has 0 radical (unpaired) electrons. The summed E-state index contributed by atoms with van der Waals surface area (Å²) in [5, 5.41) is 2.70. The number of hydrogen-bond donors (Lipinski definition) is 1. The van der Waals surface area contributed by atoms with E-state index < -0.39 is 23.1 Å². The van der Waals surface area contributed by atoms with Crippen LogP contribution in [0.2, 0.25) is 0 Å². The zero-order valence-corrected chi connectivity index (χ0v) is 14.0. The molecule has 1 aromatic heterocycles. The fourth-order valence-corrected chi connectivity index (χ4v) is 3.23. The van der Waals surface area contributed by atoms with Gasteiger partial charge in [0.15, 0.2) is 5.54 Å². The number of furan rings is 1. The summed E-state index contributed by atoms with van der Waals surface area (Å²) in [6.07, 6.45) is 1.30. The van der Waals surface area contributed by atoms with E-state index in [0.717, 1.165) is 0 Å². The highest BCUT2D eigenvalue weighted by molar-refractivity contribution is 6.16. The van der Waals surface area contributed by atoms with Crippen molar-refractivity contribution < 1.29 is 22.8 Å². The predicted molar refractivity (Wildman–Crippen MR) is 93.9 cm³/mol. The van der Waals surface area contributed by atoms with Crippen molar-refractivity contribution in [1.82, 2.24) is 0 Å². The zero-order valence-electron chi connectivity index (χ0n) is 14.0. The molecule has 1 aliphatic heterocycles. The number of anilines is 2. The van der Waals surface area contributed by atoms with Gasteiger partial charge in [0, 0.05) is 11.4 Å². The summed E-state index contributed by atoms with van der Waals surface area (Å²) in [5.41, 5.74) is -0.656. The lowest BCUT2D eigenvalue weighted by molar-refractivity contribution is -0.138. The van der Waals surface area contributed by atoms with E-state index in [1.54, 1.807) is 12.1 Å². The number of benzene rings is 2. The molecule has 4 rings (SSSR count). The van der Waals surface area contributed by atoms with Crippen molar-refractivity contribution in [1.29, 1.82) is 0 Å². The minimum Gasteiger partial charge on any atom is -0.466 e. The first kappa shape index (κ1) is 17.0. The maximum atomic E-state index is 13.3. The third-order valence-corrected chi connectivity index (χ3v) is 4.53. The summed E-state index contributed by atoms with van der Waals surface area (Å²) in [5.74, 6) is -1.40. The van der Waals surface area contributed by atoms with Crippen LogP contribution in [0.1, 0.15) is 12.2 Å². The molecule has 0 spiro atoms. The van der Waals surface area contributed by atoms with Gasteiger partial charge in [-0.05, 0) is 60.7 Å². The third kappa shape index (κ3) is 2.77. The van der Waals surface area contributed by atoms with Gasteiger partial charge < -0.3 is 9.73 Å². The molecule has 1 fully saturated rings. The lowest BCUT2D eigenvalue weighted by Gasteiger charge is -2.48. The maximum absolute atomic E-state index is 13.3. The second-order valence-electron chi connectivity index (χ2n) is 6.18. The van der Waals surface area contributed by atoms with Gasteiger partial charge in [0.25, 0.3) is 5.91 Å². The summed E-state index contributed by atoms with van der Waals surface area (Å²) < 4.78 is 31.9. The smallest absolute Gasteiger partial charge is 0.259 e. The van der Waals surface area contributed by atoms with Gasteiger partial charge in [-0.15, -0.1) is 0 Å². The lowest BCUT2D eigenvalue weighted by atomic mass is 9.79. The van der Waals surface area contributed by atoms with Gasteiger partial charge in [0.1, 0.15) is 17.4 Å². The normalized spacial score (nSPS) is 18.9. The molecule has 1 aliphatic rings. The molecule has 1 atom stereocenters. The van der Waals surface area contributed by atoms with Gasteiger partial charge >= 0.3 is 0 Å². The van der Waals surface area contributed by atoms with E-state index in [9.17, 15) is 18.4 Å². The summed E-state index contributed by atoms with van der Waals surface area (Å²) in [6.45, 7) is 0. The largest absolute Gasteiger partial charge is 0.466 e. The van der Waals surface area contributed by atoms with Crippen molar-refractivity contribution in [2.45, 2.75) is 12.0 Å². The van der Waals surface area contributed by atoms with Crippen molar-refractivity contribution in [3.05, 3.63) is 84.3 Å². The van der Waals surface area contributed by atoms with Crippen LogP contribution in [0, 0.1) is 11.6 Å². The van der Waals surface area contributed by atoms with E-state index in [4.69, 9.17) is 4.42 Å². The average molecular weight is 368 g/mol. The highest BCUT2D eigenvalue weighted by Crippen LogP contribution is 2.45. The Morgan fingerprint density at radius 3 is 2.19 bits per heavy atom. The monoisotopic (exact) mass is 368 g/mol. The molecule has 0 bridgehead atoms. The summed E-state index contributed by atoms with van der Waals surface area (Å²) in [6, 6.07) is 13.8. The molecule has 0 aliphatic carbocycles. The Balaban J connectivity index is 1.74. The number of amides is 2. The number of nitrogens with zero attached hydrogens (tertiary/aromatic N) is 1. The molecule has 1 N–H and O–H groups in total. The summed E-state index contributed by atoms with van der Waals surface area (Å²) in [7, 11) is 0. The van der Waals surface area contributed by atoms with Crippen molar-refractivity contribution in [3.63, 3.8) is 0 Å². The quantitative estimate of drug-likeness (QED) is 0.712. The lowest BCUT2D eigenvalue weighted by Crippen LogP contribution is -2.67. The molecule has 7 heteroatoms.